The molecule has 0 unspecified atom stereocenters. The minimum Gasteiger partial charge on any atom is -0.445 e. The van der Waals surface area contributed by atoms with Crippen LogP contribution in [0.3, 0.4) is 0 Å². The maximum absolute atomic E-state index is 16.1. The maximum atomic E-state index is 16.1. The molecular weight excluding hydrogens is 1280 g/mol. The lowest BCUT2D eigenvalue weighted by Crippen LogP contribution is -2.56. The van der Waals surface area contributed by atoms with Crippen LogP contribution in [-0.2, 0) is 33.9 Å². The van der Waals surface area contributed by atoms with E-state index in [0.29, 0.717) is 36.6 Å². The highest BCUT2D eigenvalue weighted by molar-refractivity contribution is 5.76. The molecule has 11 rings (SSSR count). The van der Waals surface area contributed by atoms with Crippen LogP contribution in [0.25, 0.3) is 22.8 Å². The van der Waals surface area contributed by atoms with E-state index in [9.17, 15) is 36.3 Å². The fraction of sp³-hybridized carbons (Fsp3) is 0.486. The van der Waals surface area contributed by atoms with Crippen LogP contribution in [0.15, 0.2) is 115 Å². The number of hydrogen-bond acceptors (Lipinski definition) is 11. The van der Waals surface area contributed by atoms with Crippen LogP contribution in [0.2, 0.25) is 0 Å². The van der Waals surface area contributed by atoms with Crippen LogP contribution in [0, 0.1) is 57.6 Å². The summed E-state index contributed by atoms with van der Waals surface area (Å²) in [6.07, 6.45) is -4.26. The number of urea groups is 2. The first-order chi connectivity index (χ1) is 46.4. The van der Waals surface area contributed by atoms with E-state index >= 15 is 13.2 Å². The third-order valence-corrected chi connectivity index (χ3v) is 17.8. The molecule has 26 heteroatoms. The minimum absolute atomic E-state index is 0.0128. The number of hydrogen-bond donors (Lipinski definition) is 1. The zero-order valence-electron chi connectivity index (χ0n) is 56.8. The van der Waals surface area contributed by atoms with Crippen LogP contribution in [0.4, 0.5) is 49.5 Å². The van der Waals surface area contributed by atoms with Gasteiger partial charge < -0.3 is 44.0 Å². The van der Waals surface area contributed by atoms with Gasteiger partial charge in [-0.3, -0.25) is 0 Å². The molecule has 0 spiro atoms. The summed E-state index contributed by atoms with van der Waals surface area (Å²) in [7, 11) is 0. The lowest BCUT2D eigenvalue weighted by Gasteiger charge is -2.45. The number of benzene rings is 5. The molecule has 0 radical (unpaired) electrons. The molecular formula is C72H86F8N12O6. The molecule has 98 heavy (non-hydrogen) atoms. The topological polar surface area (TPSA) is 169 Å². The molecule has 2 aromatic heterocycles. The second-order valence-electron chi connectivity index (χ2n) is 28.3. The Hall–Kier alpha value is -8.49. The summed E-state index contributed by atoms with van der Waals surface area (Å²) in [5, 5.41) is 12.3. The largest absolute Gasteiger partial charge is 0.445 e. The third-order valence-electron chi connectivity index (χ3n) is 17.8. The second kappa shape index (κ2) is 30.7. The van der Waals surface area contributed by atoms with Gasteiger partial charge in [0, 0.05) is 70.7 Å². The molecule has 6 heterocycles. The van der Waals surface area contributed by atoms with Crippen LogP contribution in [0.5, 0.6) is 0 Å². The number of aromatic nitrogens is 6. The van der Waals surface area contributed by atoms with Crippen LogP contribution >= 0.6 is 0 Å². The fourth-order valence-electron chi connectivity index (χ4n) is 13.5. The van der Waals surface area contributed by atoms with Crippen molar-refractivity contribution in [2.75, 3.05) is 65.4 Å². The maximum Gasteiger partial charge on any atom is 0.410 e. The van der Waals surface area contributed by atoms with Crippen LogP contribution < -0.4 is 5.32 Å². The van der Waals surface area contributed by atoms with Gasteiger partial charge in [0.15, 0.2) is 23.3 Å². The molecule has 4 aliphatic heterocycles. The van der Waals surface area contributed by atoms with Crippen molar-refractivity contribution >= 4 is 18.2 Å². The predicted octanol–water partition coefficient (Wildman–Crippen LogP) is 13.2. The van der Waals surface area contributed by atoms with Crippen molar-refractivity contribution < 1.29 is 63.7 Å². The van der Waals surface area contributed by atoms with Crippen LogP contribution in [0.1, 0.15) is 110 Å². The van der Waals surface area contributed by atoms with Crippen molar-refractivity contribution in [1.29, 1.82) is 0 Å². The predicted molar refractivity (Wildman–Crippen MR) is 351 cm³/mol. The normalized spacial score (nSPS) is 21.9. The number of morpholine rings is 2. The van der Waals surface area contributed by atoms with E-state index < -0.39 is 94.1 Å². The molecule has 4 saturated heterocycles. The Morgan fingerprint density at radius 3 is 1.37 bits per heavy atom. The molecule has 4 aliphatic rings. The Balaban J connectivity index is 0.000000217. The highest BCUT2D eigenvalue weighted by atomic mass is 19.2. The summed E-state index contributed by atoms with van der Waals surface area (Å²) < 4.78 is 139. The van der Waals surface area contributed by atoms with E-state index in [0.717, 1.165) is 42.0 Å². The summed E-state index contributed by atoms with van der Waals surface area (Å²) in [6, 6.07) is 24.6. The molecule has 0 saturated carbocycles. The molecule has 18 nitrogen and oxygen atoms in total. The van der Waals surface area contributed by atoms with Gasteiger partial charge in [0.2, 0.25) is 0 Å². The van der Waals surface area contributed by atoms with Gasteiger partial charge in [0.05, 0.1) is 67.3 Å². The Morgan fingerprint density at radius 1 is 0.520 bits per heavy atom. The molecule has 5 amide bonds. The van der Waals surface area contributed by atoms with E-state index in [1.165, 1.54) is 38.5 Å². The molecule has 0 aliphatic carbocycles. The van der Waals surface area contributed by atoms with E-state index in [4.69, 9.17) is 24.2 Å². The summed E-state index contributed by atoms with van der Waals surface area (Å²) in [5.74, 6) is -4.73. The van der Waals surface area contributed by atoms with E-state index in [-0.39, 0.29) is 125 Å². The monoisotopic (exact) mass is 1370 g/mol. The fourth-order valence-corrected chi connectivity index (χ4v) is 13.5. The molecule has 1 N–H and O–H groups in total. The number of halogens is 8. The average Bonchev–Trinajstić information content (AvgIpc) is 1.51. The SMILES string of the molecule is C[C@@H]1CN(C(=O)N(C[C@@H]2CN(C(=O)OCc3ccccc3)C[C@@H]2F)[C@@H](c2nc(-c3cc(F)ccc3F)nn2Cc2cccc(F)c2)C(C)(C)C)C[C@H](C)O1.C[C@@H]1CN(C(=O)N(C[C@@H]2CNC[C@@H]2F)[C@@H](c2nc(-c3cc(F)ccc3F)nn2Cc2cccc(F)c2)C(C)(C)C)C[C@H](C)O1. The first-order valence-electron chi connectivity index (χ1n) is 33.1. The first-order valence-corrected chi connectivity index (χ1v) is 33.1. The highest BCUT2D eigenvalue weighted by Gasteiger charge is 2.47. The summed E-state index contributed by atoms with van der Waals surface area (Å²) in [6.45, 7) is 20.6. The number of carbonyl (C=O) groups is 3. The lowest BCUT2D eigenvalue weighted by molar-refractivity contribution is -0.0621. The number of nitrogens with one attached hydrogen (secondary N) is 1. The van der Waals surface area contributed by atoms with Crippen molar-refractivity contribution in [3.8, 4) is 22.8 Å². The average molecular weight is 1370 g/mol. The van der Waals surface area contributed by atoms with E-state index in [2.05, 4.69) is 15.5 Å². The number of carbonyl (C=O) groups excluding carboxylic acids is 3. The summed E-state index contributed by atoms with van der Waals surface area (Å²) in [4.78, 5) is 59.9. The number of amides is 5. The third kappa shape index (κ3) is 17.7. The second-order valence-corrected chi connectivity index (χ2v) is 28.3. The minimum atomic E-state index is -1.49. The smallest absolute Gasteiger partial charge is 0.410 e. The highest BCUT2D eigenvalue weighted by Crippen LogP contribution is 2.43. The zero-order valence-corrected chi connectivity index (χ0v) is 56.8. The van der Waals surface area contributed by atoms with Gasteiger partial charge in [-0.25, -0.2) is 68.8 Å². The van der Waals surface area contributed by atoms with Gasteiger partial charge in [0.1, 0.15) is 53.9 Å². The van der Waals surface area contributed by atoms with E-state index in [1.54, 1.807) is 43.9 Å². The van der Waals surface area contributed by atoms with E-state index in [1.807, 2.05) is 99.6 Å². The first kappa shape index (κ1) is 72.3. The van der Waals surface area contributed by atoms with Gasteiger partial charge in [-0.05, 0) is 116 Å². The standard InChI is InChI=1S/C40H46F4N6O4.C32H40F4N6O2/c1-25-18-47(19-26(2)54-25)38(51)49(22-29-21-48(23-34(29)44)39(52)53-24-27-10-7-6-8-11-27)35(40(3,4)5)37-45-36(32-17-31(42)14-15-33(32)43)46-50(37)20-28-12-9-13-30(41)16-28;1-19-15-40(16-20(2)44-19)31(43)41(18-22-13-37-14-27(22)36)28(32(3,4)5)30-38-29(25-12-24(34)9-10-26(25)35)39-42(30)17-21-7-6-8-23(33)11-21/h6-17,25-26,29,34-35H,18-24H2,1-5H3;6-12,19-20,22,27-28,37H,13-18H2,1-5H3/t25-,26+,29-,34-,35-;19-,20+,22-,27-,28-/m00/s1. The van der Waals surface area contributed by atoms with Gasteiger partial charge in [-0.1, -0.05) is 96.1 Å². The number of rotatable bonds is 16. The number of alkyl halides is 2. The van der Waals surface area contributed by atoms with Gasteiger partial charge in [-0.2, -0.15) is 10.2 Å². The van der Waals surface area contributed by atoms with Crippen LogP contribution in [-0.4, -0.2) is 174 Å². The van der Waals surface area contributed by atoms with Crippen molar-refractivity contribution in [3.63, 3.8) is 0 Å². The molecule has 7 aromatic rings. The Labute approximate surface area is 566 Å². The van der Waals surface area contributed by atoms with Crippen molar-refractivity contribution in [3.05, 3.63) is 179 Å². The molecule has 526 valence electrons. The molecule has 0 bridgehead atoms. The Morgan fingerprint density at radius 2 is 0.949 bits per heavy atom. The quantitative estimate of drug-likeness (QED) is 0.0914. The molecule has 10 atom stereocenters. The summed E-state index contributed by atoms with van der Waals surface area (Å²) >= 11 is 0. The Kier molecular flexibility index (Phi) is 22.7. The lowest BCUT2D eigenvalue weighted by atomic mass is 9.84. The molecule has 4 fully saturated rings. The number of likely N-dealkylation sites (tertiary alicyclic amines) is 1. The Bertz CT molecular complexity index is 3890. The van der Waals surface area contributed by atoms with Gasteiger partial charge in [-0.15, -0.1) is 0 Å². The van der Waals surface area contributed by atoms with Crippen molar-refractivity contribution in [2.45, 2.75) is 138 Å². The zero-order chi connectivity index (χ0) is 70.5. The number of ether oxygens (including phenoxy) is 3. The summed E-state index contributed by atoms with van der Waals surface area (Å²) in [5.41, 5.74) is 0.0427. The van der Waals surface area contributed by atoms with Crippen molar-refractivity contribution in [1.82, 2.24) is 59.3 Å². The molecule has 5 aromatic carbocycles. The van der Waals surface area contributed by atoms with Crippen molar-refractivity contribution in [2.24, 2.45) is 22.7 Å². The van der Waals surface area contributed by atoms with Gasteiger partial charge >= 0.3 is 18.2 Å². The van der Waals surface area contributed by atoms with Gasteiger partial charge in [0.25, 0.3) is 0 Å². The number of nitrogens with zero attached hydrogens (tertiary/aromatic N) is 11.